The predicted molar refractivity (Wildman–Crippen MR) is 63.8 cm³/mol. The molecule has 0 unspecified atom stereocenters. The highest BCUT2D eigenvalue weighted by Gasteiger charge is 2.46. The van der Waals surface area contributed by atoms with Crippen LogP contribution in [-0.4, -0.2) is 11.1 Å². The van der Waals surface area contributed by atoms with Crippen molar-refractivity contribution >= 4 is 5.97 Å². The molecule has 1 fully saturated rings. The average molecular weight is 218 g/mol. The quantitative estimate of drug-likeness (QED) is 0.828. The van der Waals surface area contributed by atoms with E-state index in [9.17, 15) is 9.90 Å². The number of carbonyl (C=O) groups is 1. The Morgan fingerprint density at radius 1 is 1.12 bits per heavy atom. The van der Waals surface area contributed by atoms with E-state index in [2.05, 4.69) is 19.1 Å². The van der Waals surface area contributed by atoms with Gasteiger partial charge in [-0.1, -0.05) is 18.6 Å². The lowest BCUT2D eigenvalue weighted by molar-refractivity contribution is -0.147. The molecule has 1 aliphatic rings. The van der Waals surface area contributed by atoms with Gasteiger partial charge in [-0.2, -0.15) is 0 Å². The molecule has 1 aliphatic carbocycles. The molecule has 2 rings (SSSR count). The van der Waals surface area contributed by atoms with E-state index in [1.165, 1.54) is 11.1 Å². The lowest BCUT2D eigenvalue weighted by atomic mass is 9.63. The summed E-state index contributed by atoms with van der Waals surface area (Å²) in [5.41, 5.74) is 3.97. The van der Waals surface area contributed by atoms with Crippen molar-refractivity contribution in [3.05, 3.63) is 34.4 Å². The number of carboxylic acids is 1. The van der Waals surface area contributed by atoms with E-state index in [-0.39, 0.29) is 0 Å². The molecule has 0 heterocycles. The molecule has 2 nitrogen and oxygen atoms in total. The van der Waals surface area contributed by atoms with Crippen LogP contribution in [-0.2, 0) is 10.2 Å². The molecule has 0 radical (unpaired) electrons. The fourth-order valence-corrected chi connectivity index (χ4v) is 2.60. The lowest BCUT2D eigenvalue weighted by Crippen LogP contribution is -2.43. The first-order valence-corrected chi connectivity index (χ1v) is 5.79. The van der Waals surface area contributed by atoms with Crippen LogP contribution in [0.1, 0.15) is 41.5 Å². The molecular weight excluding hydrogens is 200 g/mol. The summed E-state index contributed by atoms with van der Waals surface area (Å²) in [7, 11) is 0. The Kier molecular flexibility index (Phi) is 2.53. The Hall–Kier alpha value is -1.31. The second kappa shape index (κ2) is 3.62. The number of benzene rings is 1. The SMILES string of the molecule is Cc1cc(C)c(C2(C(=O)O)CCC2)cc1C. The maximum Gasteiger partial charge on any atom is 0.314 e. The average Bonchev–Trinajstić information content (AvgIpc) is 2.11. The molecule has 1 saturated carbocycles. The minimum atomic E-state index is -0.662. The van der Waals surface area contributed by atoms with Crippen LogP contribution in [0.5, 0.6) is 0 Å². The number of hydrogen-bond acceptors (Lipinski definition) is 1. The Morgan fingerprint density at radius 2 is 1.69 bits per heavy atom. The van der Waals surface area contributed by atoms with Crippen LogP contribution >= 0.6 is 0 Å². The fourth-order valence-electron chi connectivity index (χ4n) is 2.60. The summed E-state index contributed by atoms with van der Waals surface area (Å²) >= 11 is 0. The fraction of sp³-hybridized carbons (Fsp3) is 0.500. The van der Waals surface area contributed by atoms with Gasteiger partial charge in [-0.15, -0.1) is 0 Å². The highest BCUT2D eigenvalue weighted by Crippen LogP contribution is 2.45. The third-order valence-electron chi connectivity index (χ3n) is 3.97. The van der Waals surface area contributed by atoms with Crippen molar-refractivity contribution in [1.82, 2.24) is 0 Å². The second-order valence-corrected chi connectivity index (χ2v) is 4.99. The van der Waals surface area contributed by atoms with Gasteiger partial charge in [0.25, 0.3) is 0 Å². The summed E-state index contributed by atoms with van der Waals surface area (Å²) in [6, 6.07) is 4.17. The van der Waals surface area contributed by atoms with Gasteiger partial charge in [-0.25, -0.2) is 0 Å². The van der Waals surface area contributed by atoms with E-state index in [1.54, 1.807) is 0 Å². The zero-order chi connectivity index (χ0) is 11.9. The summed E-state index contributed by atoms with van der Waals surface area (Å²) in [4.78, 5) is 11.5. The first-order chi connectivity index (χ1) is 7.47. The normalized spacial score (nSPS) is 17.9. The Balaban J connectivity index is 2.55. The molecule has 0 aliphatic heterocycles. The van der Waals surface area contributed by atoms with E-state index in [4.69, 9.17) is 0 Å². The zero-order valence-electron chi connectivity index (χ0n) is 10.1. The van der Waals surface area contributed by atoms with Crippen LogP contribution < -0.4 is 0 Å². The molecular formula is C14H18O2. The van der Waals surface area contributed by atoms with Gasteiger partial charge in [-0.05, 0) is 55.9 Å². The number of rotatable bonds is 2. The standard InChI is InChI=1S/C14H18O2/c1-9-7-11(3)12(8-10(9)2)14(13(15)16)5-4-6-14/h7-8H,4-6H2,1-3H3,(H,15,16). The van der Waals surface area contributed by atoms with Gasteiger partial charge in [0.05, 0.1) is 5.41 Å². The van der Waals surface area contributed by atoms with Gasteiger partial charge >= 0.3 is 5.97 Å². The molecule has 0 amide bonds. The predicted octanol–water partition coefficient (Wildman–Crippen LogP) is 3.12. The van der Waals surface area contributed by atoms with Crippen molar-refractivity contribution in [1.29, 1.82) is 0 Å². The first kappa shape index (κ1) is 11.2. The third-order valence-corrected chi connectivity index (χ3v) is 3.97. The largest absolute Gasteiger partial charge is 0.481 e. The number of hydrogen-bond donors (Lipinski definition) is 1. The van der Waals surface area contributed by atoms with Gasteiger partial charge < -0.3 is 5.11 Å². The molecule has 0 bridgehead atoms. The van der Waals surface area contributed by atoms with Crippen molar-refractivity contribution in [3.63, 3.8) is 0 Å². The van der Waals surface area contributed by atoms with Gasteiger partial charge in [0, 0.05) is 0 Å². The first-order valence-electron chi connectivity index (χ1n) is 5.79. The van der Waals surface area contributed by atoms with E-state index < -0.39 is 11.4 Å². The number of aliphatic carboxylic acids is 1. The van der Waals surface area contributed by atoms with Gasteiger partial charge in [0.2, 0.25) is 0 Å². The summed E-state index contributed by atoms with van der Waals surface area (Å²) in [6.07, 6.45) is 2.59. The van der Waals surface area contributed by atoms with E-state index in [1.807, 2.05) is 13.8 Å². The van der Waals surface area contributed by atoms with E-state index in [0.717, 1.165) is 30.4 Å². The molecule has 0 aromatic heterocycles. The summed E-state index contributed by atoms with van der Waals surface area (Å²) < 4.78 is 0. The monoisotopic (exact) mass is 218 g/mol. The highest BCUT2D eigenvalue weighted by atomic mass is 16.4. The zero-order valence-corrected chi connectivity index (χ0v) is 10.1. The van der Waals surface area contributed by atoms with Gasteiger partial charge in [0.15, 0.2) is 0 Å². The van der Waals surface area contributed by atoms with Crippen molar-refractivity contribution in [2.75, 3.05) is 0 Å². The molecule has 0 spiro atoms. The van der Waals surface area contributed by atoms with Crippen LogP contribution in [0.2, 0.25) is 0 Å². The van der Waals surface area contributed by atoms with Gasteiger partial charge in [0.1, 0.15) is 0 Å². The summed E-state index contributed by atoms with van der Waals surface area (Å²) in [5.74, 6) is -0.662. The van der Waals surface area contributed by atoms with Gasteiger partial charge in [-0.3, -0.25) is 4.79 Å². The minimum absolute atomic E-state index is 0.595. The number of carboxylic acid groups (broad SMARTS) is 1. The van der Waals surface area contributed by atoms with Crippen LogP contribution in [0, 0.1) is 20.8 Å². The molecule has 2 heteroatoms. The molecule has 1 aromatic carbocycles. The molecule has 86 valence electrons. The Labute approximate surface area is 96.3 Å². The van der Waals surface area contributed by atoms with E-state index in [0.29, 0.717) is 0 Å². The smallest absolute Gasteiger partial charge is 0.314 e. The van der Waals surface area contributed by atoms with Crippen molar-refractivity contribution in [2.45, 2.75) is 45.4 Å². The van der Waals surface area contributed by atoms with Crippen LogP contribution in [0.15, 0.2) is 12.1 Å². The Bertz CT molecular complexity index is 442. The van der Waals surface area contributed by atoms with Crippen molar-refractivity contribution in [3.8, 4) is 0 Å². The summed E-state index contributed by atoms with van der Waals surface area (Å²) in [5, 5.41) is 9.42. The Morgan fingerprint density at radius 3 is 2.12 bits per heavy atom. The molecule has 16 heavy (non-hydrogen) atoms. The third kappa shape index (κ3) is 1.44. The molecule has 0 atom stereocenters. The maximum atomic E-state index is 11.5. The second-order valence-electron chi connectivity index (χ2n) is 4.99. The highest BCUT2D eigenvalue weighted by molar-refractivity contribution is 5.83. The van der Waals surface area contributed by atoms with Crippen LogP contribution in [0.25, 0.3) is 0 Å². The van der Waals surface area contributed by atoms with Crippen molar-refractivity contribution < 1.29 is 9.90 Å². The van der Waals surface area contributed by atoms with E-state index >= 15 is 0 Å². The number of aryl methyl sites for hydroxylation is 3. The maximum absolute atomic E-state index is 11.5. The lowest BCUT2D eigenvalue weighted by Gasteiger charge is -2.39. The minimum Gasteiger partial charge on any atom is -0.481 e. The molecule has 1 aromatic rings. The van der Waals surface area contributed by atoms with Crippen LogP contribution in [0.4, 0.5) is 0 Å². The molecule has 0 saturated heterocycles. The summed E-state index contributed by atoms with van der Waals surface area (Å²) in [6.45, 7) is 6.14. The van der Waals surface area contributed by atoms with Crippen molar-refractivity contribution in [2.24, 2.45) is 0 Å². The molecule has 1 N–H and O–H groups in total. The topological polar surface area (TPSA) is 37.3 Å². The van der Waals surface area contributed by atoms with Crippen LogP contribution in [0.3, 0.4) is 0 Å².